The highest BCUT2D eigenvalue weighted by atomic mass is 35.5. The van der Waals surface area contributed by atoms with Gasteiger partial charge in [0.25, 0.3) is 5.91 Å². The molecule has 3 heterocycles. The Hall–Kier alpha value is -3.81. The van der Waals surface area contributed by atoms with Gasteiger partial charge in [0, 0.05) is 42.6 Å². The van der Waals surface area contributed by atoms with Crippen molar-refractivity contribution in [2.24, 2.45) is 5.92 Å². The van der Waals surface area contributed by atoms with Crippen LogP contribution in [0.4, 0.5) is 15.3 Å². The van der Waals surface area contributed by atoms with Crippen LogP contribution in [0.2, 0.25) is 10.0 Å². The van der Waals surface area contributed by atoms with Gasteiger partial charge in [-0.2, -0.15) is 5.26 Å². The van der Waals surface area contributed by atoms with E-state index in [9.17, 15) is 29.5 Å². The van der Waals surface area contributed by atoms with Crippen LogP contribution < -0.4 is 4.90 Å². The summed E-state index contributed by atoms with van der Waals surface area (Å²) >= 11 is 12.4. The summed E-state index contributed by atoms with van der Waals surface area (Å²) in [6.07, 6.45) is 1.05. The van der Waals surface area contributed by atoms with Crippen LogP contribution in [0.15, 0.2) is 42.5 Å². The Morgan fingerprint density at radius 1 is 1.05 bits per heavy atom. The summed E-state index contributed by atoms with van der Waals surface area (Å²) in [5.41, 5.74) is -0.109. The lowest BCUT2D eigenvalue weighted by Crippen LogP contribution is -2.55. The molecule has 0 radical (unpaired) electrons. The van der Waals surface area contributed by atoms with Crippen molar-refractivity contribution in [2.45, 2.75) is 24.3 Å². The van der Waals surface area contributed by atoms with Gasteiger partial charge in [-0.25, -0.2) is 14.5 Å². The second-order valence-corrected chi connectivity index (χ2v) is 11.0. The van der Waals surface area contributed by atoms with E-state index >= 15 is 0 Å². The number of benzene rings is 2. The van der Waals surface area contributed by atoms with Gasteiger partial charge in [-0.05, 0) is 48.7 Å². The topological polar surface area (TPSA) is 125 Å². The first-order chi connectivity index (χ1) is 18.6. The summed E-state index contributed by atoms with van der Waals surface area (Å²) < 4.78 is 0. The molecule has 0 aliphatic carbocycles. The molecule has 10 nitrogen and oxygen atoms in total. The lowest BCUT2D eigenvalue weighted by atomic mass is 9.80. The number of aliphatic carboxylic acids is 1. The van der Waals surface area contributed by atoms with E-state index in [0.717, 1.165) is 4.90 Å². The fourth-order valence-electron chi connectivity index (χ4n) is 5.90. The molecule has 1 spiro atoms. The zero-order valence-electron chi connectivity index (χ0n) is 21.0. The molecule has 3 saturated heterocycles. The molecular weight excluding hydrogens is 545 g/mol. The molecule has 1 N–H and O–H groups in total. The minimum atomic E-state index is -1.45. The Morgan fingerprint density at radius 2 is 1.72 bits per heavy atom. The van der Waals surface area contributed by atoms with Gasteiger partial charge < -0.3 is 19.8 Å². The minimum Gasteiger partial charge on any atom is -0.481 e. The number of imide groups is 1. The number of carboxylic acid groups (broad SMARTS) is 1. The molecule has 39 heavy (non-hydrogen) atoms. The zero-order valence-corrected chi connectivity index (χ0v) is 22.5. The number of rotatable bonds is 3. The Kier molecular flexibility index (Phi) is 6.91. The van der Waals surface area contributed by atoms with E-state index in [4.69, 9.17) is 23.2 Å². The van der Waals surface area contributed by atoms with Crippen molar-refractivity contribution in [1.29, 1.82) is 5.26 Å². The van der Waals surface area contributed by atoms with Crippen LogP contribution in [0, 0.1) is 17.2 Å². The van der Waals surface area contributed by atoms with Crippen LogP contribution in [0.3, 0.4) is 0 Å². The van der Waals surface area contributed by atoms with E-state index < -0.39 is 35.3 Å². The van der Waals surface area contributed by atoms with Crippen molar-refractivity contribution >= 4 is 52.8 Å². The maximum absolute atomic E-state index is 14.3. The van der Waals surface area contributed by atoms with Gasteiger partial charge in [0.05, 0.1) is 29.8 Å². The van der Waals surface area contributed by atoms with Crippen molar-refractivity contribution in [1.82, 2.24) is 14.7 Å². The number of piperidine rings is 1. The molecule has 5 rings (SSSR count). The first-order valence-electron chi connectivity index (χ1n) is 12.4. The summed E-state index contributed by atoms with van der Waals surface area (Å²) in [4.78, 5) is 58.5. The van der Waals surface area contributed by atoms with E-state index in [1.807, 2.05) is 0 Å². The third kappa shape index (κ3) is 4.45. The van der Waals surface area contributed by atoms with Gasteiger partial charge in [0.2, 0.25) is 0 Å². The summed E-state index contributed by atoms with van der Waals surface area (Å²) in [6, 6.07) is 12.3. The highest BCUT2D eigenvalue weighted by molar-refractivity contribution is 6.35. The normalized spacial score (nSPS) is 25.0. The molecular formula is C27H25Cl2N5O5. The number of carbonyl (C=O) groups excluding carboxylic acids is 3. The van der Waals surface area contributed by atoms with E-state index in [1.165, 1.54) is 39.9 Å². The van der Waals surface area contributed by atoms with Crippen LogP contribution in [0.1, 0.15) is 29.9 Å². The summed E-state index contributed by atoms with van der Waals surface area (Å²) in [5, 5.41) is 19.3. The maximum atomic E-state index is 14.3. The van der Waals surface area contributed by atoms with Crippen LogP contribution >= 0.6 is 23.2 Å². The Balaban J connectivity index is 1.55. The van der Waals surface area contributed by atoms with E-state index in [-0.39, 0.29) is 41.4 Å². The number of amides is 5. The van der Waals surface area contributed by atoms with Gasteiger partial charge >= 0.3 is 18.0 Å². The SMILES string of the molecule is CN1C(=O)N(c2cc(Cl)cc(Cl)c2)C(=O)[C@]12CN(C(=O)N1CCCC(C(=O)O)C1)C[C@H]2c1ccc(C#N)cc1. The van der Waals surface area contributed by atoms with Crippen molar-refractivity contribution in [3.63, 3.8) is 0 Å². The van der Waals surface area contributed by atoms with E-state index in [1.54, 1.807) is 24.3 Å². The molecule has 0 bridgehead atoms. The number of likely N-dealkylation sites (N-methyl/N-ethyl adjacent to an activating group) is 1. The fourth-order valence-corrected chi connectivity index (χ4v) is 6.42. The lowest BCUT2D eigenvalue weighted by Gasteiger charge is -2.35. The quantitative estimate of drug-likeness (QED) is 0.556. The summed E-state index contributed by atoms with van der Waals surface area (Å²) in [6.45, 7) is 0.516. The number of hydrogen-bond acceptors (Lipinski definition) is 5. The molecule has 12 heteroatoms. The van der Waals surface area contributed by atoms with Gasteiger partial charge in [0.15, 0.2) is 0 Å². The van der Waals surface area contributed by atoms with Crippen LogP contribution in [-0.2, 0) is 9.59 Å². The largest absolute Gasteiger partial charge is 0.481 e. The molecule has 3 atom stereocenters. The molecule has 5 amide bonds. The molecule has 0 aromatic heterocycles. The number of halogens is 2. The number of carboxylic acids is 1. The van der Waals surface area contributed by atoms with Crippen LogP contribution in [0.25, 0.3) is 0 Å². The first kappa shape index (κ1) is 26.8. The van der Waals surface area contributed by atoms with Crippen molar-refractivity contribution < 1.29 is 24.3 Å². The molecule has 202 valence electrons. The second kappa shape index (κ2) is 10.1. The average molecular weight is 570 g/mol. The lowest BCUT2D eigenvalue weighted by molar-refractivity contribution is -0.143. The minimum absolute atomic E-state index is 0.0784. The maximum Gasteiger partial charge on any atom is 0.332 e. The van der Waals surface area contributed by atoms with Crippen molar-refractivity contribution in [3.8, 4) is 6.07 Å². The van der Waals surface area contributed by atoms with Crippen molar-refractivity contribution in [3.05, 3.63) is 63.6 Å². The molecule has 3 aliphatic rings. The third-order valence-electron chi connectivity index (χ3n) is 7.92. The zero-order chi connectivity index (χ0) is 28.1. The Morgan fingerprint density at radius 3 is 2.33 bits per heavy atom. The van der Waals surface area contributed by atoms with Crippen molar-refractivity contribution in [2.75, 3.05) is 38.1 Å². The highest BCUT2D eigenvalue weighted by Crippen LogP contribution is 2.47. The molecule has 2 aromatic carbocycles. The molecule has 3 fully saturated rings. The first-order valence-corrected chi connectivity index (χ1v) is 13.2. The number of nitrogens with zero attached hydrogens (tertiary/aromatic N) is 5. The highest BCUT2D eigenvalue weighted by Gasteiger charge is 2.65. The van der Waals surface area contributed by atoms with E-state index in [2.05, 4.69) is 6.07 Å². The number of likely N-dealkylation sites (tertiary alicyclic amines) is 2. The third-order valence-corrected chi connectivity index (χ3v) is 8.36. The van der Waals surface area contributed by atoms with Gasteiger partial charge in [-0.1, -0.05) is 35.3 Å². The summed E-state index contributed by atoms with van der Waals surface area (Å²) in [5.74, 6) is -2.75. The number of anilines is 1. The molecule has 3 aliphatic heterocycles. The summed E-state index contributed by atoms with van der Waals surface area (Å²) in [7, 11) is 1.53. The van der Waals surface area contributed by atoms with E-state index in [0.29, 0.717) is 30.5 Å². The van der Waals surface area contributed by atoms with Gasteiger partial charge in [0.1, 0.15) is 5.54 Å². The number of nitriles is 1. The number of carbonyl (C=O) groups is 4. The van der Waals surface area contributed by atoms with Crippen LogP contribution in [0.5, 0.6) is 0 Å². The van der Waals surface area contributed by atoms with Gasteiger partial charge in [-0.15, -0.1) is 0 Å². The predicted molar refractivity (Wildman–Crippen MR) is 143 cm³/mol. The molecule has 0 saturated carbocycles. The second-order valence-electron chi connectivity index (χ2n) is 10.1. The number of urea groups is 2. The standard InChI is InChI=1S/C27H25Cl2N5O5/c1-31-25(38)34(21-10-19(28)9-20(29)11-21)24(37)27(31)15-33(14-22(27)17-6-4-16(12-30)5-7-17)26(39)32-8-2-3-18(13-32)23(35)36/h4-7,9-11,18,22H,2-3,8,13-15H2,1H3,(H,35,36)/t18?,22-,27+/m0/s1. The molecule has 1 unspecified atom stereocenters. The van der Waals surface area contributed by atoms with Crippen LogP contribution in [-0.4, -0.2) is 82.5 Å². The smallest absolute Gasteiger partial charge is 0.332 e. The Bertz CT molecular complexity index is 1390. The Labute approximate surface area is 234 Å². The van der Waals surface area contributed by atoms with Gasteiger partial charge in [-0.3, -0.25) is 9.59 Å². The average Bonchev–Trinajstić information content (AvgIpc) is 3.41. The monoisotopic (exact) mass is 569 g/mol. The predicted octanol–water partition coefficient (Wildman–Crippen LogP) is 4.02. The number of hydrogen-bond donors (Lipinski definition) is 1. The fraction of sp³-hybridized carbons (Fsp3) is 0.370. The molecule has 2 aromatic rings.